The average molecular weight is 303 g/mol. The number of nitrogens with zero attached hydrogens (tertiary/aromatic N) is 1. The Balaban J connectivity index is 2.78. The second-order valence-corrected chi connectivity index (χ2v) is 4.29. The third kappa shape index (κ3) is 4.77. The molecule has 0 saturated heterocycles. The Hall–Kier alpha value is -2.05. The van der Waals surface area contributed by atoms with Crippen LogP contribution >= 0.6 is 0 Å². The molecule has 1 aromatic carbocycles. The van der Waals surface area contributed by atoms with Crippen LogP contribution in [0.2, 0.25) is 0 Å². The number of amides is 1. The lowest BCUT2D eigenvalue weighted by molar-refractivity contribution is -0.141. The zero-order chi connectivity index (χ0) is 16.0. The van der Waals surface area contributed by atoms with Gasteiger partial charge in [0.1, 0.15) is 0 Å². The minimum absolute atomic E-state index is 0.0384. The van der Waals surface area contributed by atoms with Crippen LogP contribution in [0, 0.1) is 0 Å². The van der Waals surface area contributed by atoms with Gasteiger partial charge in [0.05, 0.1) is 19.1 Å². The fourth-order valence-corrected chi connectivity index (χ4v) is 1.72. The van der Waals surface area contributed by atoms with Crippen molar-refractivity contribution in [3.8, 4) is 0 Å². The molecular weight excluding hydrogens is 287 g/mol. The first-order valence-electron chi connectivity index (χ1n) is 6.33. The third-order valence-electron chi connectivity index (χ3n) is 2.94. The first kappa shape index (κ1) is 17.0. The molecule has 21 heavy (non-hydrogen) atoms. The Bertz CT molecular complexity index is 497. The number of methoxy groups -OCH3 is 1. The number of hydrogen-bond acceptors (Lipinski definition) is 3. The summed E-state index contributed by atoms with van der Waals surface area (Å²) in [7, 11) is 1.25. The second kappa shape index (κ2) is 7.10. The van der Waals surface area contributed by atoms with Crippen molar-refractivity contribution >= 4 is 11.9 Å². The van der Waals surface area contributed by atoms with Crippen molar-refractivity contribution in [1.82, 2.24) is 4.90 Å². The van der Waals surface area contributed by atoms with Crippen LogP contribution in [0.4, 0.5) is 13.2 Å². The fourth-order valence-electron chi connectivity index (χ4n) is 1.72. The molecule has 0 bridgehead atoms. The van der Waals surface area contributed by atoms with Crippen molar-refractivity contribution in [1.29, 1.82) is 0 Å². The van der Waals surface area contributed by atoms with E-state index in [1.807, 2.05) is 0 Å². The molecule has 0 atom stereocenters. The van der Waals surface area contributed by atoms with Crippen LogP contribution in [0.25, 0.3) is 0 Å². The summed E-state index contributed by atoms with van der Waals surface area (Å²) in [6.45, 7) is 2.22. The Morgan fingerprint density at radius 3 is 2.19 bits per heavy atom. The molecule has 0 heterocycles. The Morgan fingerprint density at radius 1 is 1.19 bits per heavy atom. The highest BCUT2D eigenvalue weighted by Crippen LogP contribution is 2.29. The van der Waals surface area contributed by atoms with E-state index in [1.54, 1.807) is 6.92 Å². The van der Waals surface area contributed by atoms with Crippen LogP contribution in [0.1, 0.15) is 29.3 Å². The van der Waals surface area contributed by atoms with Gasteiger partial charge in [-0.3, -0.25) is 9.59 Å². The Morgan fingerprint density at radius 2 is 1.76 bits per heavy atom. The predicted octanol–water partition coefficient (Wildman–Crippen LogP) is 2.73. The number of benzene rings is 1. The highest BCUT2D eigenvalue weighted by atomic mass is 19.4. The van der Waals surface area contributed by atoms with Gasteiger partial charge in [-0.1, -0.05) is 0 Å². The Kier molecular flexibility index (Phi) is 5.75. The summed E-state index contributed by atoms with van der Waals surface area (Å²) >= 11 is 0. The topological polar surface area (TPSA) is 46.6 Å². The molecule has 7 heteroatoms. The molecule has 4 nitrogen and oxygen atoms in total. The normalized spacial score (nSPS) is 11.1. The van der Waals surface area contributed by atoms with Gasteiger partial charge < -0.3 is 9.64 Å². The number of rotatable bonds is 5. The van der Waals surface area contributed by atoms with Crippen LogP contribution in [0.3, 0.4) is 0 Å². The molecule has 1 amide bonds. The first-order chi connectivity index (χ1) is 9.79. The molecule has 116 valence electrons. The average Bonchev–Trinajstić information content (AvgIpc) is 2.46. The lowest BCUT2D eigenvalue weighted by atomic mass is 10.1. The van der Waals surface area contributed by atoms with E-state index in [4.69, 9.17) is 0 Å². The maximum atomic E-state index is 12.4. The second-order valence-electron chi connectivity index (χ2n) is 4.29. The molecule has 1 aromatic rings. The molecule has 0 aromatic heterocycles. The van der Waals surface area contributed by atoms with E-state index in [-0.39, 0.29) is 18.5 Å². The molecule has 0 aliphatic heterocycles. The number of carbonyl (C=O) groups is 2. The number of carbonyl (C=O) groups excluding carboxylic acids is 2. The van der Waals surface area contributed by atoms with Gasteiger partial charge in [-0.25, -0.2) is 0 Å². The maximum absolute atomic E-state index is 12.4. The number of ether oxygens (including phenoxy) is 1. The van der Waals surface area contributed by atoms with Crippen LogP contribution in [-0.4, -0.2) is 37.0 Å². The van der Waals surface area contributed by atoms with E-state index in [9.17, 15) is 22.8 Å². The summed E-state index contributed by atoms with van der Waals surface area (Å²) in [6.07, 6.45) is -4.40. The largest absolute Gasteiger partial charge is 0.469 e. The lowest BCUT2D eigenvalue weighted by Crippen LogP contribution is -2.33. The standard InChI is InChI=1S/C14H16F3NO3/c1-3-18(9-8-12(19)21-2)13(20)10-4-6-11(7-5-10)14(15,16)17/h4-7H,3,8-9H2,1-2H3. The van der Waals surface area contributed by atoms with Crippen molar-refractivity contribution in [2.75, 3.05) is 20.2 Å². The third-order valence-corrected chi connectivity index (χ3v) is 2.94. The first-order valence-corrected chi connectivity index (χ1v) is 6.33. The van der Waals surface area contributed by atoms with Crippen molar-refractivity contribution in [2.24, 2.45) is 0 Å². The van der Waals surface area contributed by atoms with Crippen LogP contribution in [-0.2, 0) is 15.7 Å². The molecule has 0 saturated carbocycles. The highest BCUT2D eigenvalue weighted by molar-refractivity contribution is 5.94. The van der Waals surface area contributed by atoms with Gasteiger partial charge in [-0.15, -0.1) is 0 Å². The summed E-state index contributed by atoms with van der Waals surface area (Å²) < 4.78 is 41.8. The number of hydrogen-bond donors (Lipinski definition) is 0. The zero-order valence-electron chi connectivity index (χ0n) is 11.7. The summed E-state index contributed by atoms with van der Waals surface area (Å²) in [5.41, 5.74) is -0.661. The van der Waals surface area contributed by atoms with Gasteiger partial charge >= 0.3 is 12.1 Å². The van der Waals surface area contributed by atoms with E-state index < -0.39 is 23.6 Å². The summed E-state index contributed by atoms with van der Waals surface area (Å²) in [6, 6.07) is 3.99. The van der Waals surface area contributed by atoms with Gasteiger partial charge in [-0.05, 0) is 31.2 Å². The van der Waals surface area contributed by atoms with E-state index in [1.165, 1.54) is 12.0 Å². The smallest absolute Gasteiger partial charge is 0.416 e. The van der Waals surface area contributed by atoms with E-state index in [0.717, 1.165) is 24.3 Å². The number of alkyl halides is 3. The van der Waals surface area contributed by atoms with Crippen LogP contribution < -0.4 is 0 Å². The molecule has 0 N–H and O–H groups in total. The Labute approximate surface area is 120 Å². The summed E-state index contributed by atoms with van der Waals surface area (Å²) in [5.74, 6) is -0.871. The molecule has 0 radical (unpaired) electrons. The number of halogens is 3. The van der Waals surface area contributed by atoms with Crippen molar-refractivity contribution in [2.45, 2.75) is 19.5 Å². The molecule has 0 aliphatic carbocycles. The van der Waals surface area contributed by atoms with Gasteiger partial charge in [0.15, 0.2) is 0 Å². The summed E-state index contributed by atoms with van der Waals surface area (Å²) in [4.78, 5) is 24.6. The number of esters is 1. The van der Waals surface area contributed by atoms with Crippen molar-refractivity contribution in [3.63, 3.8) is 0 Å². The molecule has 0 aliphatic rings. The van der Waals surface area contributed by atoms with Gasteiger partial charge in [0, 0.05) is 18.7 Å². The minimum atomic E-state index is -4.43. The van der Waals surface area contributed by atoms with E-state index >= 15 is 0 Å². The molecule has 0 fully saturated rings. The summed E-state index contributed by atoms with van der Waals surface area (Å²) in [5, 5.41) is 0. The maximum Gasteiger partial charge on any atom is 0.416 e. The van der Waals surface area contributed by atoms with E-state index in [2.05, 4.69) is 4.74 Å². The zero-order valence-corrected chi connectivity index (χ0v) is 11.7. The molecule has 0 unspecified atom stereocenters. The van der Waals surface area contributed by atoms with E-state index in [0.29, 0.717) is 6.54 Å². The van der Waals surface area contributed by atoms with Crippen molar-refractivity contribution in [3.05, 3.63) is 35.4 Å². The van der Waals surface area contributed by atoms with Gasteiger partial charge in [-0.2, -0.15) is 13.2 Å². The highest BCUT2D eigenvalue weighted by Gasteiger charge is 2.30. The van der Waals surface area contributed by atoms with Crippen LogP contribution in [0.15, 0.2) is 24.3 Å². The molecule has 0 spiro atoms. The molecular formula is C14H16F3NO3. The van der Waals surface area contributed by atoms with Crippen LogP contribution in [0.5, 0.6) is 0 Å². The van der Waals surface area contributed by atoms with Gasteiger partial charge in [0.2, 0.25) is 0 Å². The monoisotopic (exact) mass is 303 g/mol. The predicted molar refractivity (Wildman–Crippen MR) is 69.7 cm³/mol. The molecule has 1 rings (SSSR count). The fraction of sp³-hybridized carbons (Fsp3) is 0.429. The quantitative estimate of drug-likeness (QED) is 0.786. The lowest BCUT2D eigenvalue weighted by Gasteiger charge is -2.20. The van der Waals surface area contributed by atoms with Gasteiger partial charge in [0.25, 0.3) is 5.91 Å². The minimum Gasteiger partial charge on any atom is -0.469 e. The SMILES string of the molecule is CCN(CCC(=O)OC)C(=O)c1ccc(C(F)(F)F)cc1. The van der Waals surface area contributed by atoms with Crippen molar-refractivity contribution < 1.29 is 27.5 Å².